The number of carbonyl (C=O) groups is 4. The normalized spacial score (nSPS) is 13.2. The molecule has 1 heterocycles. The third kappa shape index (κ3) is 5.15. The highest BCUT2D eigenvalue weighted by atomic mass is 16.2. The second-order valence-corrected chi connectivity index (χ2v) is 7.87. The molecule has 0 aromatic heterocycles. The zero-order valence-corrected chi connectivity index (χ0v) is 18.1. The van der Waals surface area contributed by atoms with Crippen molar-refractivity contribution in [3.05, 3.63) is 95.1 Å². The van der Waals surface area contributed by atoms with E-state index in [1.54, 1.807) is 60.7 Å². The molecule has 3 aromatic carbocycles. The highest BCUT2D eigenvalue weighted by molar-refractivity contribution is 6.07. The summed E-state index contributed by atoms with van der Waals surface area (Å²) in [4.78, 5) is 50.0. The Balaban J connectivity index is 1.42. The van der Waals surface area contributed by atoms with Gasteiger partial charge in [0.25, 0.3) is 11.8 Å². The highest BCUT2D eigenvalue weighted by Gasteiger charge is 2.28. The summed E-state index contributed by atoms with van der Waals surface area (Å²) in [6.45, 7) is 2.08. The molecule has 0 radical (unpaired) electrons. The minimum atomic E-state index is -0.301. The van der Waals surface area contributed by atoms with Crippen LogP contribution in [-0.2, 0) is 16.1 Å². The molecule has 0 atom stereocenters. The number of rotatable bonds is 6. The van der Waals surface area contributed by atoms with Gasteiger partial charge in [-0.05, 0) is 54.4 Å². The van der Waals surface area contributed by atoms with Crippen LogP contribution < -0.4 is 10.6 Å². The summed E-state index contributed by atoms with van der Waals surface area (Å²) in [5.41, 5.74) is 3.76. The largest absolute Gasteiger partial charge is 0.322 e. The fourth-order valence-corrected chi connectivity index (χ4v) is 3.57. The van der Waals surface area contributed by atoms with Crippen molar-refractivity contribution in [1.82, 2.24) is 4.90 Å². The zero-order valence-electron chi connectivity index (χ0n) is 18.1. The van der Waals surface area contributed by atoms with E-state index < -0.39 is 0 Å². The van der Waals surface area contributed by atoms with Gasteiger partial charge >= 0.3 is 0 Å². The van der Waals surface area contributed by atoms with Gasteiger partial charge in [0.15, 0.2) is 0 Å². The van der Waals surface area contributed by atoms with E-state index in [1.807, 2.05) is 19.1 Å². The summed E-state index contributed by atoms with van der Waals surface area (Å²) < 4.78 is 0. The Morgan fingerprint density at radius 3 is 2.06 bits per heavy atom. The predicted molar refractivity (Wildman–Crippen MR) is 125 cm³/mol. The molecule has 1 aliphatic rings. The Bertz CT molecular complexity index is 1200. The molecule has 0 saturated carbocycles. The van der Waals surface area contributed by atoms with Crippen LogP contribution in [0.3, 0.4) is 0 Å². The van der Waals surface area contributed by atoms with E-state index >= 15 is 0 Å². The number of anilines is 2. The van der Waals surface area contributed by atoms with Crippen molar-refractivity contribution in [2.24, 2.45) is 0 Å². The second-order valence-electron chi connectivity index (χ2n) is 7.87. The summed E-state index contributed by atoms with van der Waals surface area (Å²) in [6.07, 6.45) is 0.507. The molecule has 7 heteroatoms. The molecule has 0 bridgehead atoms. The molecule has 4 amide bonds. The van der Waals surface area contributed by atoms with Gasteiger partial charge < -0.3 is 10.6 Å². The monoisotopic (exact) mass is 441 g/mol. The van der Waals surface area contributed by atoms with E-state index in [4.69, 9.17) is 0 Å². The first-order valence-electron chi connectivity index (χ1n) is 10.6. The minimum absolute atomic E-state index is 0.170. The number of nitrogens with one attached hydrogen (secondary N) is 2. The number of benzene rings is 3. The minimum Gasteiger partial charge on any atom is -0.322 e. The lowest BCUT2D eigenvalue weighted by molar-refractivity contribution is -0.139. The Kier molecular flexibility index (Phi) is 6.31. The molecule has 3 aromatic rings. The number of amides is 4. The molecule has 2 N–H and O–H groups in total. The van der Waals surface area contributed by atoms with Crippen molar-refractivity contribution < 1.29 is 19.2 Å². The number of hydrogen-bond acceptors (Lipinski definition) is 4. The smallest absolute Gasteiger partial charge is 0.255 e. The van der Waals surface area contributed by atoms with Crippen LogP contribution >= 0.6 is 0 Å². The molecular formula is C26H23N3O4. The van der Waals surface area contributed by atoms with Crippen LogP contribution in [0.15, 0.2) is 72.8 Å². The standard InChI is InChI=1S/C26H23N3O4/c1-17-7-12-21(27-25(32)19-5-3-2-4-6-19)15-22(17)28-26(33)20-10-8-18(9-11-20)16-29-23(30)13-14-24(29)31/h2-12,15H,13-14,16H2,1H3,(H,27,32)(H,28,33). The average molecular weight is 441 g/mol. The molecule has 1 fully saturated rings. The average Bonchev–Trinajstić information content (AvgIpc) is 3.14. The van der Waals surface area contributed by atoms with Crippen molar-refractivity contribution in [2.75, 3.05) is 10.6 Å². The first kappa shape index (κ1) is 22.0. The molecular weight excluding hydrogens is 418 g/mol. The van der Waals surface area contributed by atoms with E-state index in [1.165, 1.54) is 4.90 Å². The molecule has 0 aliphatic carbocycles. The van der Waals surface area contributed by atoms with Gasteiger partial charge in [0.1, 0.15) is 0 Å². The van der Waals surface area contributed by atoms with Crippen LogP contribution in [0.4, 0.5) is 11.4 Å². The molecule has 166 valence electrons. The van der Waals surface area contributed by atoms with Crippen molar-refractivity contribution in [2.45, 2.75) is 26.3 Å². The van der Waals surface area contributed by atoms with Gasteiger partial charge in [0.05, 0.1) is 6.54 Å². The Labute approximate surface area is 191 Å². The van der Waals surface area contributed by atoms with E-state index in [2.05, 4.69) is 10.6 Å². The lowest BCUT2D eigenvalue weighted by atomic mass is 10.1. The summed E-state index contributed by atoms with van der Waals surface area (Å²) in [6, 6.07) is 21.0. The molecule has 4 rings (SSSR count). The van der Waals surface area contributed by atoms with Crippen LogP contribution in [0, 0.1) is 6.92 Å². The lowest BCUT2D eigenvalue weighted by Gasteiger charge is -2.14. The second kappa shape index (κ2) is 9.48. The predicted octanol–water partition coefficient (Wildman–Crippen LogP) is 4.15. The first-order chi connectivity index (χ1) is 15.9. The van der Waals surface area contributed by atoms with Crippen LogP contribution in [0.2, 0.25) is 0 Å². The molecule has 1 saturated heterocycles. The van der Waals surface area contributed by atoms with Crippen molar-refractivity contribution in [3.8, 4) is 0 Å². The Morgan fingerprint density at radius 2 is 1.39 bits per heavy atom. The fraction of sp³-hybridized carbons (Fsp3) is 0.154. The topological polar surface area (TPSA) is 95.6 Å². The molecule has 1 aliphatic heterocycles. The van der Waals surface area contributed by atoms with Gasteiger partial charge in [-0.2, -0.15) is 0 Å². The van der Waals surface area contributed by atoms with Crippen molar-refractivity contribution >= 4 is 35.0 Å². The van der Waals surface area contributed by atoms with E-state index in [0.717, 1.165) is 11.1 Å². The lowest BCUT2D eigenvalue weighted by Crippen LogP contribution is -2.28. The van der Waals surface area contributed by atoms with Gasteiger partial charge in [0, 0.05) is 35.3 Å². The highest BCUT2D eigenvalue weighted by Crippen LogP contribution is 2.22. The van der Waals surface area contributed by atoms with Gasteiger partial charge in [-0.3, -0.25) is 24.1 Å². The number of likely N-dealkylation sites (tertiary alicyclic amines) is 1. The van der Waals surface area contributed by atoms with Crippen molar-refractivity contribution in [3.63, 3.8) is 0 Å². The molecule has 0 spiro atoms. The number of aryl methyl sites for hydroxylation is 1. The van der Waals surface area contributed by atoms with Gasteiger partial charge in [-0.25, -0.2) is 0 Å². The number of carbonyl (C=O) groups excluding carboxylic acids is 4. The summed E-state index contributed by atoms with van der Waals surface area (Å²) in [5, 5.41) is 5.72. The summed E-state index contributed by atoms with van der Waals surface area (Å²) in [7, 11) is 0. The maximum Gasteiger partial charge on any atom is 0.255 e. The van der Waals surface area contributed by atoms with Gasteiger partial charge in [0.2, 0.25) is 11.8 Å². The van der Waals surface area contributed by atoms with E-state index in [9.17, 15) is 19.2 Å². The van der Waals surface area contributed by atoms with Crippen molar-refractivity contribution in [1.29, 1.82) is 0 Å². The van der Waals surface area contributed by atoms with Crippen LogP contribution in [-0.4, -0.2) is 28.5 Å². The first-order valence-corrected chi connectivity index (χ1v) is 10.6. The quantitative estimate of drug-likeness (QED) is 0.562. The third-order valence-electron chi connectivity index (χ3n) is 5.49. The van der Waals surface area contributed by atoms with Gasteiger partial charge in [-0.15, -0.1) is 0 Å². The Hall–Kier alpha value is -4.26. The zero-order chi connectivity index (χ0) is 23.4. The number of hydrogen-bond donors (Lipinski definition) is 2. The molecule has 7 nitrogen and oxygen atoms in total. The maximum absolute atomic E-state index is 12.8. The SMILES string of the molecule is Cc1ccc(NC(=O)c2ccccc2)cc1NC(=O)c1ccc(CN2C(=O)CCC2=O)cc1. The van der Waals surface area contributed by atoms with Crippen LogP contribution in [0.1, 0.15) is 44.7 Å². The number of nitrogens with zero attached hydrogens (tertiary/aromatic N) is 1. The van der Waals surface area contributed by atoms with Crippen LogP contribution in [0.5, 0.6) is 0 Å². The molecule has 33 heavy (non-hydrogen) atoms. The summed E-state index contributed by atoms with van der Waals surface area (Å²) >= 11 is 0. The Morgan fingerprint density at radius 1 is 0.788 bits per heavy atom. The van der Waals surface area contributed by atoms with Crippen LogP contribution in [0.25, 0.3) is 0 Å². The maximum atomic E-state index is 12.8. The van der Waals surface area contributed by atoms with E-state index in [0.29, 0.717) is 22.5 Å². The molecule has 0 unspecified atom stereocenters. The fourth-order valence-electron chi connectivity index (χ4n) is 3.57. The van der Waals surface area contributed by atoms with E-state index in [-0.39, 0.29) is 43.0 Å². The van der Waals surface area contributed by atoms with Gasteiger partial charge in [-0.1, -0.05) is 36.4 Å². The summed E-state index contributed by atoms with van der Waals surface area (Å²) in [5.74, 6) is -0.875. The third-order valence-corrected chi connectivity index (χ3v) is 5.49. The number of imide groups is 1.